The van der Waals surface area contributed by atoms with E-state index in [0.717, 1.165) is 5.56 Å². The van der Waals surface area contributed by atoms with Crippen molar-refractivity contribution in [2.75, 3.05) is 20.8 Å². The Bertz CT molecular complexity index is 444. The molecule has 1 saturated heterocycles. The highest BCUT2D eigenvalue weighted by atomic mass is 16.5. The van der Waals surface area contributed by atoms with Gasteiger partial charge in [-0.2, -0.15) is 0 Å². The maximum atomic E-state index is 12.1. The summed E-state index contributed by atoms with van der Waals surface area (Å²) >= 11 is 0. The number of benzene rings is 1. The maximum Gasteiger partial charge on any atom is 0.259 e. The van der Waals surface area contributed by atoms with E-state index in [-0.39, 0.29) is 12.5 Å². The lowest BCUT2D eigenvalue weighted by Gasteiger charge is -2.25. The number of hydrogen-bond acceptors (Lipinski definition) is 3. The summed E-state index contributed by atoms with van der Waals surface area (Å²) in [6.07, 6.45) is 0. The second-order valence-electron chi connectivity index (χ2n) is 3.86. The van der Waals surface area contributed by atoms with Gasteiger partial charge in [0.15, 0.2) is 11.5 Å². The van der Waals surface area contributed by atoms with E-state index >= 15 is 0 Å². The summed E-state index contributed by atoms with van der Waals surface area (Å²) in [6, 6.07) is 9.48. The van der Waals surface area contributed by atoms with Crippen molar-refractivity contribution in [1.82, 2.24) is 10.6 Å². The Kier molecular flexibility index (Phi) is 3.10. The summed E-state index contributed by atoms with van der Waals surface area (Å²) in [5, 5.41) is 5.78. The van der Waals surface area contributed by atoms with Crippen molar-refractivity contribution in [1.29, 1.82) is 0 Å². The van der Waals surface area contributed by atoms with Gasteiger partial charge in [-0.3, -0.25) is 15.1 Å². The monoisotopic (exact) mass is 233 g/mol. The molecular weight excluding hydrogens is 218 g/mol. The molecule has 0 saturated carbocycles. The van der Waals surface area contributed by atoms with Gasteiger partial charge in [-0.05, 0) is 5.56 Å². The molecule has 1 fully saturated rings. The first kappa shape index (κ1) is 11.6. The van der Waals surface area contributed by atoms with Crippen molar-refractivity contribution in [3.05, 3.63) is 35.9 Å². The molecule has 1 unspecified atom stereocenters. The molecule has 0 bridgehead atoms. The Morgan fingerprint density at radius 2 is 2.06 bits per heavy atom. The molecule has 1 amide bonds. The molecular formula is C12H15N3O2. The van der Waals surface area contributed by atoms with Gasteiger partial charge in [0, 0.05) is 14.2 Å². The lowest BCUT2D eigenvalue weighted by molar-refractivity contribution is -0.126. The molecule has 1 aliphatic heterocycles. The van der Waals surface area contributed by atoms with Crippen LogP contribution in [0.5, 0.6) is 0 Å². The van der Waals surface area contributed by atoms with Gasteiger partial charge >= 0.3 is 0 Å². The van der Waals surface area contributed by atoms with Crippen molar-refractivity contribution in [3.8, 4) is 0 Å². The quantitative estimate of drug-likeness (QED) is 0.785. The van der Waals surface area contributed by atoms with Gasteiger partial charge in [0.1, 0.15) is 0 Å². The van der Waals surface area contributed by atoms with E-state index in [4.69, 9.17) is 4.74 Å². The van der Waals surface area contributed by atoms with E-state index in [1.54, 1.807) is 14.2 Å². The molecule has 1 atom stereocenters. The molecule has 17 heavy (non-hydrogen) atoms. The second-order valence-corrected chi connectivity index (χ2v) is 3.86. The van der Waals surface area contributed by atoms with Gasteiger partial charge in [0.2, 0.25) is 0 Å². The Morgan fingerprint density at radius 3 is 2.59 bits per heavy atom. The zero-order valence-corrected chi connectivity index (χ0v) is 9.86. The first-order valence-electron chi connectivity index (χ1n) is 5.34. The minimum absolute atomic E-state index is 0.147. The lowest BCUT2D eigenvalue weighted by atomic mass is 9.91. The van der Waals surface area contributed by atoms with Crippen LogP contribution in [0.3, 0.4) is 0 Å². The van der Waals surface area contributed by atoms with E-state index in [0.29, 0.717) is 5.96 Å². The molecule has 0 radical (unpaired) electrons. The van der Waals surface area contributed by atoms with Gasteiger partial charge in [-0.15, -0.1) is 0 Å². The minimum Gasteiger partial charge on any atom is -0.381 e. The zero-order valence-electron chi connectivity index (χ0n) is 9.86. The smallest absolute Gasteiger partial charge is 0.259 e. The van der Waals surface area contributed by atoms with E-state index in [1.165, 1.54) is 0 Å². The average Bonchev–Trinajstić information content (AvgIpc) is 2.69. The van der Waals surface area contributed by atoms with Crippen LogP contribution in [-0.2, 0) is 15.1 Å². The Morgan fingerprint density at radius 1 is 1.35 bits per heavy atom. The van der Waals surface area contributed by atoms with E-state index in [9.17, 15) is 4.79 Å². The number of ether oxygens (including phenoxy) is 1. The zero-order chi connectivity index (χ0) is 12.3. The molecule has 1 heterocycles. The predicted octanol–water partition coefficient (Wildman–Crippen LogP) is 0.233. The fourth-order valence-electron chi connectivity index (χ4n) is 1.94. The third kappa shape index (κ3) is 1.89. The van der Waals surface area contributed by atoms with Crippen LogP contribution in [-0.4, -0.2) is 32.6 Å². The van der Waals surface area contributed by atoms with Gasteiger partial charge in [0.25, 0.3) is 5.91 Å². The summed E-state index contributed by atoms with van der Waals surface area (Å²) < 4.78 is 5.17. The van der Waals surface area contributed by atoms with Crippen LogP contribution in [0.25, 0.3) is 0 Å². The van der Waals surface area contributed by atoms with Gasteiger partial charge < -0.3 is 10.1 Å². The highest BCUT2D eigenvalue weighted by Gasteiger charge is 2.46. The second kappa shape index (κ2) is 4.55. The topological polar surface area (TPSA) is 62.7 Å². The average molecular weight is 233 g/mol. The summed E-state index contributed by atoms with van der Waals surface area (Å²) in [7, 11) is 3.19. The van der Waals surface area contributed by atoms with Crippen molar-refractivity contribution >= 4 is 11.9 Å². The fourth-order valence-corrected chi connectivity index (χ4v) is 1.94. The summed E-state index contributed by atoms with van der Waals surface area (Å²) in [5.74, 6) is 0.321. The Labute approximate surface area is 99.9 Å². The summed E-state index contributed by atoms with van der Waals surface area (Å²) in [4.78, 5) is 16.1. The molecule has 0 aliphatic carbocycles. The number of guanidine groups is 1. The first-order valence-corrected chi connectivity index (χ1v) is 5.34. The van der Waals surface area contributed by atoms with Crippen molar-refractivity contribution in [3.63, 3.8) is 0 Å². The van der Waals surface area contributed by atoms with Crippen LogP contribution in [0.1, 0.15) is 5.56 Å². The molecule has 1 aromatic carbocycles. The molecule has 5 nitrogen and oxygen atoms in total. The molecule has 1 aromatic rings. The van der Waals surface area contributed by atoms with E-state index < -0.39 is 5.54 Å². The third-order valence-corrected chi connectivity index (χ3v) is 2.80. The molecule has 0 aromatic heterocycles. The minimum atomic E-state index is -0.884. The number of hydrogen-bond donors (Lipinski definition) is 2. The van der Waals surface area contributed by atoms with E-state index in [1.807, 2.05) is 30.3 Å². The first-order chi connectivity index (χ1) is 8.23. The number of nitrogens with zero attached hydrogens (tertiary/aromatic N) is 1. The molecule has 2 rings (SSSR count). The molecule has 2 N–H and O–H groups in total. The van der Waals surface area contributed by atoms with Gasteiger partial charge in [0.05, 0.1) is 6.61 Å². The summed E-state index contributed by atoms with van der Waals surface area (Å²) in [5.41, 5.74) is -0.0248. The Balaban J connectivity index is 2.44. The maximum absolute atomic E-state index is 12.1. The standard InChI is InChI=1S/C12H15N3O2/c1-13-11-14-10(16)12(15-11,8-17-2)9-6-4-3-5-7-9/h3-7H,8H2,1-2H3,(H2,13,14,15,16). The van der Waals surface area contributed by atoms with Crippen molar-refractivity contribution < 1.29 is 9.53 Å². The van der Waals surface area contributed by atoms with Crippen LogP contribution < -0.4 is 10.6 Å². The fraction of sp³-hybridized carbons (Fsp3) is 0.333. The normalized spacial score (nSPS) is 25.8. The Hall–Kier alpha value is -1.88. The third-order valence-electron chi connectivity index (χ3n) is 2.80. The number of rotatable bonds is 3. The number of nitrogens with one attached hydrogen (secondary N) is 2. The number of amides is 1. The highest BCUT2D eigenvalue weighted by molar-refractivity contribution is 6.09. The number of carbonyl (C=O) groups is 1. The molecule has 0 spiro atoms. The molecule has 5 heteroatoms. The highest BCUT2D eigenvalue weighted by Crippen LogP contribution is 2.25. The van der Waals surface area contributed by atoms with Crippen molar-refractivity contribution in [2.45, 2.75) is 5.54 Å². The number of methoxy groups -OCH3 is 1. The SMILES string of the molecule is CN=C1NC(=O)C(COC)(c2ccccc2)N1. The largest absolute Gasteiger partial charge is 0.381 e. The van der Waals surface area contributed by atoms with Crippen LogP contribution >= 0.6 is 0 Å². The molecule has 90 valence electrons. The number of carbonyl (C=O) groups excluding carboxylic acids is 1. The number of aliphatic imine (C=N–C) groups is 1. The van der Waals surface area contributed by atoms with Crippen LogP contribution in [0.4, 0.5) is 0 Å². The van der Waals surface area contributed by atoms with Crippen LogP contribution in [0, 0.1) is 0 Å². The predicted molar refractivity (Wildman–Crippen MR) is 64.6 cm³/mol. The lowest BCUT2D eigenvalue weighted by Crippen LogP contribution is -2.47. The van der Waals surface area contributed by atoms with E-state index in [2.05, 4.69) is 15.6 Å². The van der Waals surface area contributed by atoms with Gasteiger partial charge in [-0.25, -0.2) is 0 Å². The summed E-state index contributed by atoms with van der Waals surface area (Å²) in [6.45, 7) is 0.252. The molecule has 1 aliphatic rings. The van der Waals surface area contributed by atoms with Crippen LogP contribution in [0.2, 0.25) is 0 Å². The van der Waals surface area contributed by atoms with Gasteiger partial charge in [-0.1, -0.05) is 30.3 Å². The van der Waals surface area contributed by atoms with Crippen LogP contribution in [0.15, 0.2) is 35.3 Å². The van der Waals surface area contributed by atoms with Crippen molar-refractivity contribution in [2.24, 2.45) is 4.99 Å².